The van der Waals surface area contributed by atoms with E-state index in [-0.39, 0.29) is 5.57 Å². The molecule has 0 saturated carbocycles. The summed E-state index contributed by atoms with van der Waals surface area (Å²) in [4.78, 5) is 12.5. The summed E-state index contributed by atoms with van der Waals surface area (Å²) >= 11 is 6.38. The zero-order chi connectivity index (χ0) is 19.3. The van der Waals surface area contributed by atoms with Crippen LogP contribution in [0.5, 0.6) is 5.75 Å². The van der Waals surface area contributed by atoms with Gasteiger partial charge in [0, 0.05) is 12.1 Å². The number of aryl methyl sites for hydroxylation is 1. The van der Waals surface area contributed by atoms with E-state index in [1.54, 1.807) is 35.9 Å². The molecule has 1 aromatic carbocycles. The minimum absolute atomic E-state index is 0.0648. The van der Waals surface area contributed by atoms with Crippen LogP contribution in [-0.4, -0.2) is 22.8 Å². The van der Waals surface area contributed by atoms with Crippen LogP contribution in [-0.2, 0) is 11.3 Å². The van der Waals surface area contributed by atoms with Crippen molar-refractivity contribution in [3.8, 4) is 11.8 Å². The van der Waals surface area contributed by atoms with Gasteiger partial charge in [-0.15, -0.1) is 0 Å². The number of amides is 1. The first-order chi connectivity index (χ1) is 12.4. The highest BCUT2D eigenvalue weighted by Crippen LogP contribution is 2.26. The molecule has 0 aliphatic rings. The smallest absolute Gasteiger partial charge is 0.266 e. The number of halogens is 1. The van der Waals surface area contributed by atoms with Crippen LogP contribution in [0.25, 0.3) is 6.08 Å². The van der Waals surface area contributed by atoms with Gasteiger partial charge in [-0.05, 0) is 31.1 Å². The first-order valence-corrected chi connectivity index (χ1v) is 8.54. The SMILES string of the molecule is COc1ccccc1NC(=O)/C(C#N)=C/c1c(C)nn(CC(C)C)c1Cl. The molecule has 1 heterocycles. The highest BCUT2D eigenvalue weighted by atomic mass is 35.5. The topological polar surface area (TPSA) is 79.9 Å². The zero-order valence-electron chi connectivity index (χ0n) is 15.2. The molecule has 0 spiro atoms. The van der Waals surface area contributed by atoms with Gasteiger partial charge in [0.05, 0.1) is 18.5 Å². The van der Waals surface area contributed by atoms with Crippen LogP contribution >= 0.6 is 11.6 Å². The maximum Gasteiger partial charge on any atom is 0.266 e. The van der Waals surface area contributed by atoms with Crippen LogP contribution < -0.4 is 10.1 Å². The van der Waals surface area contributed by atoms with E-state index < -0.39 is 5.91 Å². The molecule has 0 atom stereocenters. The van der Waals surface area contributed by atoms with Crippen molar-refractivity contribution in [1.82, 2.24) is 9.78 Å². The number of nitrogens with one attached hydrogen (secondary N) is 1. The molecule has 7 heteroatoms. The molecule has 6 nitrogen and oxygen atoms in total. The fourth-order valence-electron chi connectivity index (χ4n) is 2.43. The Kier molecular flexibility index (Phi) is 6.42. The second kappa shape index (κ2) is 8.54. The lowest BCUT2D eigenvalue weighted by molar-refractivity contribution is -0.112. The van der Waals surface area contributed by atoms with Gasteiger partial charge in [-0.1, -0.05) is 37.6 Å². The summed E-state index contributed by atoms with van der Waals surface area (Å²) in [7, 11) is 1.51. The fourth-order valence-corrected chi connectivity index (χ4v) is 2.73. The Labute approximate surface area is 158 Å². The standard InChI is InChI=1S/C19H21ClN4O2/c1-12(2)11-24-18(20)15(13(3)23-24)9-14(10-21)19(25)22-16-7-5-6-8-17(16)26-4/h5-9,12H,11H2,1-4H3,(H,22,25)/b14-9+. The molecule has 2 aromatic rings. The van der Waals surface area contributed by atoms with Gasteiger partial charge in [0.1, 0.15) is 22.5 Å². The monoisotopic (exact) mass is 372 g/mol. The summed E-state index contributed by atoms with van der Waals surface area (Å²) in [5.41, 5.74) is 1.65. The average molecular weight is 373 g/mol. The number of methoxy groups -OCH3 is 1. The Bertz CT molecular complexity index is 878. The molecule has 1 N–H and O–H groups in total. The quantitative estimate of drug-likeness (QED) is 0.612. The van der Waals surface area contributed by atoms with E-state index in [1.165, 1.54) is 13.2 Å². The van der Waals surface area contributed by atoms with Gasteiger partial charge in [-0.2, -0.15) is 10.4 Å². The van der Waals surface area contributed by atoms with Crippen LogP contribution in [0.3, 0.4) is 0 Å². The minimum Gasteiger partial charge on any atom is -0.495 e. The maximum atomic E-state index is 12.5. The Morgan fingerprint density at radius 1 is 1.46 bits per heavy atom. The lowest BCUT2D eigenvalue weighted by Crippen LogP contribution is -2.14. The third kappa shape index (κ3) is 4.44. The Morgan fingerprint density at radius 3 is 2.77 bits per heavy atom. The lowest BCUT2D eigenvalue weighted by atomic mass is 10.1. The van der Waals surface area contributed by atoms with Crippen molar-refractivity contribution in [2.45, 2.75) is 27.3 Å². The van der Waals surface area contributed by atoms with Crippen LogP contribution in [0.15, 0.2) is 29.8 Å². The Hall–Kier alpha value is -2.78. The van der Waals surface area contributed by atoms with Gasteiger partial charge < -0.3 is 10.1 Å². The molecule has 0 aliphatic carbocycles. The summed E-state index contributed by atoms with van der Waals surface area (Å²) in [5, 5.41) is 16.9. The van der Waals surface area contributed by atoms with Crippen molar-refractivity contribution >= 4 is 29.3 Å². The number of rotatable bonds is 6. The predicted octanol–water partition coefficient (Wildman–Crippen LogP) is 4.06. The van der Waals surface area contributed by atoms with E-state index >= 15 is 0 Å². The maximum absolute atomic E-state index is 12.5. The fraction of sp³-hybridized carbons (Fsp3) is 0.316. The van der Waals surface area contributed by atoms with Gasteiger partial charge in [0.2, 0.25) is 0 Å². The lowest BCUT2D eigenvalue weighted by Gasteiger charge is -2.09. The molecule has 1 amide bonds. The normalized spacial score (nSPS) is 11.3. The van der Waals surface area contributed by atoms with Crippen molar-refractivity contribution in [3.05, 3.63) is 46.2 Å². The third-order valence-electron chi connectivity index (χ3n) is 3.66. The molecule has 0 radical (unpaired) electrons. The van der Waals surface area contributed by atoms with Crippen molar-refractivity contribution in [2.24, 2.45) is 5.92 Å². The van der Waals surface area contributed by atoms with Crippen molar-refractivity contribution < 1.29 is 9.53 Å². The zero-order valence-corrected chi connectivity index (χ0v) is 16.0. The Balaban J connectivity index is 2.32. The number of nitrogens with zero attached hydrogens (tertiary/aromatic N) is 3. The summed E-state index contributed by atoms with van der Waals surface area (Å²) in [6, 6.07) is 8.91. The van der Waals surface area contributed by atoms with Crippen molar-refractivity contribution in [3.63, 3.8) is 0 Å². The van der Waals surface area contributed by atoms with E-state index in [4.69, 9.17) is 16.3 Å². The van der Waals surface area contributed by atoms with E-state index in [0.29, 0.717) is 40.3 Å². The van der Waals surface area contributed by atoms with Gasteiger partial charge >= 0.3 is 0 Å². The van der Waals surface area contributed by atoms with Crippen LogP contribution in [0.1, 0.15) is 25.1 Å². The number of para-hydroxylation sites is 2. The summed E-state index contributed by atoms with van der Waals surface area (Å²) in [6.45, 7) is 6.57. The van der Waals surface area contributed by atoms with E-state index in [0.717, 1.165) is 0 Å². The van der Waals surface area contributed by atoms with Gasteiger partial charge in [-0.25, -0.2) is 0 Å². The number of hydrogen-bond acceptors (Lipinski definition) is 4. The minimum atomic E-state index is -0.538. The van der Waals surface area contributed by atoms with Crippen LogP contribution in [0.2, 0.25) is 5.15 Å². The number of benzene rings is 1. The number of carbonyl (C=O) groups is 1. The first kappa shape index (κ1) is 19.5. The second-order valence-corrected chi connectivity index (χ2v) is 6.55. The highest BCUT2D eigenvalue weighted by Gasteiger charge is 2.17. The largest absolute Gasteiger partial charge is 0.495 e. The number of aromatic nitrogens is 2. The van der Waals surface area contributed by atoms with E-state index in [1.807, 2.05) is 6.07 Å². The van der Waals surface area contributed by atoms with Crippen LogP contribution in [0, 0.1) is 24.2 Å². The molecule has 0 aliphatic heterocycles. The average Bonchev–Trinajstić information content (AvgIpc) is 2.86. The van der Waals surface area contributed by atoms with Crippen LogP contribution in [0.4, 0.5) is 5.69 Å². The molecule has 26 heavy (non-hydrogen) atoms. The summed E-state index contributed by atoms with van der Waals surface area (Å²) in [6.07, 6.45) is 1.46. The molecule has 0 fully saturated rings. The molecule has 0 saturated heterocycles. The molecule has 136 valence electrons. The number of anilines is 1. The molecule has 0 unspecified atom stereocenters. The molecular formula is C19H21ClN4O2. The molecule has 0 bridgehead atoms. The van der Waals surface area contributed by atoms with Crippen molar-refractivity contribution in [2.75, 3.05) is 12.4 Å². The molecular weight excluding hydrogens is 352 g/mol. The summed E-state index contributed by atoms with van der Waals surface area (Å²) < 4.78 is 6.89. The van der Waals surface area contributed by atoms with Gasteiger partial charge in [0.15, 0.2) is 0 Å². The van der Waals surface area contributed by atoms with E-state index in [2.05, 4.69) is 24.3 Å². The highest BCUT2D eigenvalue weighted by molar-refractivity contribution is 6.31. The second-order valence-electron chi connectivity index (χ2n) is 6.19. The first-order valence-electron chi connectivity index (χ1n) is 8.16. The van der Waals surface area contributed by atoms with Gasteiger partial charge in [-0.3, -0.25) is 9.48 Å². The number of ether oxygens (including phenoxy) is 1. The molecule has 2 rings (SSSR count). The third-order valence-corrected chi connectivity index (χ3v) is 4.06. The molecule has 1 aromatic heterocycles. The number of carbonyl (C=O) groups excluding carboxylic acids is 1. The Morgan fingerprint density at radius 2 is 2.15 bits per heavy atom. The van der Waals surface area contributed by atoms with E-state index in [9.17, 15) is 10.1 Å². The summed E-state index contributed by atoms with van der Waals surface area (Å²) in [5.74, 6) is 0.342. The number of nitriles is 1. The predicted molar refractivity (Wildman–Crippen MR) is 102 cm³/mol. The number of hydrogen-bond donors (Lipinski definition) is 1. The van der Waals surface area contributed by atoms with Crippen molar-refractivity contribution in [1.29, 1.82) is 5.26 Å². The van der Waals surface area contributed by atoms with Gasteiger partial charge in [0.25, 0.3) is 5.91 Å².